The van der Waals surface area contributed by atoms with E-state index in [0.29, 0.717) is 26.5 Å². The number of amides is 1. The highest BCUT2D eigenvalue weighted by Gasteiger charge is 2.23. The quantitative estimate of drug-likeness (QED) is 0.348. The number of carbonyl (C=O) groups is 1. The van der Waals surface area contributed by atoms with Gasteiger partial charge in [0.1, 0.15) is 0 Å². The van der Waals surface area contributed by atoms with Gasteiger partial charge in [0.2, 0.25) is 6.79 Å². The fraction of sp³-hybridized carbons (Fsp3) is 0.607. The first kappa shape index (κ1) is 29.5. The summed E-state index contributed by atoms with van der Waals surface area (Å²) in [5, 5.41) is 3.54. The molecule has 2 saturated heterocycles. The van der Waals surface area contributed by atoms with Crippen LogP contribution in [0.25, 0.3) is 0 Å². The molecule has 1 aromatic carbocycles. The van der Waals surface area contributed by atoms with Crippen molar-refractivity contribution in [3.05, 3.63) is 35.5 Å². The molecule has 0 atom stereocenters. The van der Waals surface area contributed by atoms with E-state index in [1.54, 1.807) is 5.06 Å². The molecule has 0 unspecified atom stereocenters. The van der Waals surface area contributed by atoms with Crippen molar-refractivity contribution < 1.29 is 23.9 Å². The lowest BCUT2D eigenvalue weighted by molar-refractivity contribution is -0.187. The smallest absolute Gasteiger partial charge is 0.265 e. The van der Waals surface area contributed by atoms with Gasteiger partial charge in [-0.2, -0.15) is 5.06 Å². The van der Waals surface area contributed by atoms with E-state index >= 15 is 0 Å². The fourth-order valence-corrected chi connectivity index (χ4v) is 4.08. The van der Waals surface area contributed by atoms with Crippen LogP contribution in [0.15, 0.2) is 30.0 Å². The van der Waals surface area contributed by atoms with Crippen molar-refractivity contribution in [3.8, 4) is 24.3 Å². The number of rotatable bonds is 10. The van der Waals surface area contributed by atoms with E-state index in [2.05, 4.69) is 50.7 Å². The second-order valence-electron chi connectivity index (χ2n) is 8.67. The lowest BCUT2D eigenvalue weighted by atomic mass is 10.1. The zero-order chi connectivity index (χ0) is 26.2. The molecular formula is C28H43N3O5. The molecular weight excluding hydrogens is 458 g/mol. The molecule has 2 fully saturated rings. The first-order chi connectivity index (χ1) is 17.6. The molecule has 36 heavy (non-hydrogen) atoms. The van der Waals surface area contributed by atoms with Crippen LogP contribution in [-0.2, 0) is 20.9 Å². The molecule has 3 heterocycles. The van der Waals surface area contributed by atoms with Gasteiger partial charge in [0, 0.05) is 31.9 Å². The Bertz CT molecular complexity index is 836. The molecule has 0 saturated carbocycles. The van der Waals surface area contributed by atoms with Gasteiger partial charge < -0.3 is 14.4 Å². The summed E-state index contributed by atoms with van der Waals surface area (Å²) < 4.78 is 10.4. The van der Waals surface area contributed by atoms with Gasteiger partial charge in [-0.3, -0.25) is 14.5 Å². The molecule has 3 aliphatic heterocycles. The Morgan fingerprint density at radius 3 is 2.61 bits per heavy atom. The largest absolute Gasteiger partial charge is 0.454 e. The molecule has 200 valence electrons. The van der Waals surface area contributed by atoms with Crippen molar-refractivity contribution in [1.29, 1.82) is 0 Å². The first-order valence-electron chi connectivity index (χ1n) is 13.1. The molecule has 0 aliphatic carbocycles. The van der Waals surface area contributed by atoms with Crippen LogP contribution in [0.3, 0.4) is 0 Å². The lowest BCUT2D eigenvalue weighted by Crippen LogP contribution is -2.39. The minimum Gasteiger partial charge on any atom is -0.454 e. The zero-order valence-electron chi connectivity index (χ0n) is 22.2. The van der Waals surface area contributed by atoms with Crippen LogP contribution < -0.4 is 9.47 Å². The second-order valence-corrected chi connectivity index (χ2v) is 8.67. The molecule has 0 aromatic heterocycles. The van der Waals surface area contributed by atoms with Crippen molar-refractivity contribution in [3.63, 3.8) is 0 Å². The normalized spacial score (nSPS) is 17.4. The summed E-state index contributed by atoms with van der Waals surface area (Å²) in [6, 6.07) is 6.05. The third-order valence-corrected chi connectivity index (χ3v) is 5.95. The maximum absolute atomic E-state index is 12.5. The number of nitrogens with zero attached hydrogens (tertiary/aromatic N) is 3. The van der Waals surface area contributed by atoms with E-state index in [4.69, 9.17) is 19.1 Å². The van der Waals surface area contributed by atoms with E-state index in [1.165, 1.54) is 11.3 Å². The Morgan fingerprint density at radius 2 is 1.92 bits per heavy atom. The highest BCUT2D eigenvalue weighted by molar-refractivity contribution is 5.77. The number of hydroxylamine groups is 4. The van der Waals surface area contributed by atoms with Crippen molar-refractivity contribution >= 4 is 5.91 Å². The minimum atomic E-state index is 0.0607. The predicted molar refractivity (Wildman–Crippen MR) is 141 cm³/mol. The van der Waals surface area contributed by atoms with E-state index in [0.717, 1.165) is 76.3 Å². The van der Waals surface area contributed by atoms with E-state index in [-0.39, 0.29) is 5.91 Å². The van der Waals surface area contributed by atoms with Crippen LogP contribution in [0.5, 0.6) is 11.5 Å². The Labute approximate surface area is 217 Å². The number of allylic oxidation sites excluding steroid dienone is 1. The molecule has 0 N–H and O–H groups in total. The van der Waals surface area contributed by atoms with Gasteiger partial charge in [0.15, 0.2) is 11.5 Å². The van der Waals surface area contributed by atoms with Gasteiger partial charge in [-0.15, -0.1) is 12.8 Å². The number of terminal acetylenes is 1. The second kappa shape index (κ2) is 16.9. The SMILES string of the molecule is C#C.CCCON(CCC)C(=O)CN1CCC/C1=C\CN1CCCO1.CCc1ccc2c(c1)OCO2. The van der Waals surface area contributed by atoms with Crippen LogP contribution >= 0.6 is 0 Å². The van der Waals surface area contributed by atoms with Crippen LogP contribution in [0, 0.1) is 12.8 Å². The molecule has 0 radical (unpaired) electrons. The van der Waals surface area contributed by atoms with Crippen molar-refractivity contribution in [2.75, 3.05) is 52.7 Å². The van der Waals surface area contributed by atoms with Crippen LogP contribution in [0.4, 0.5) is 0 Å². The van der Waals surface area contributed by atoms with Gasteiger partial charge in [0.25, 0.3) is 5.91 Å². The van der Waals surface area contributed by atoms with Crippen molar-refractivity contribution in [2.45, 2.75) is 59.3 Å². The van der Waals surface area contributed by atoms with Crippen molar-refractivity contribution in [2.24, 2.45) is 0 Å². The first-order valence-corrected chi connectivity index (χ1v) is 13.1. The van der Waals surface area contributed by atoms with E-state index < -0.39 is 0 Å². The summed E-state index contributed by atoms with van der Waals surface area (Å²) in [7, 11) is 0. The van der Waals surface area contributed by atoms with Gasteiger partial charge in [-0.05, 0) is 62.3 Å². The monoisotopic (exact) mass is 501 g/mol. The Morgan fingerprint density at radius 1 is 1.11 bits per heavy atom. The van der Waals surface area contributed by atoms with Gasteiger partial charge in [-0.25, -0.2) is 5.06 Å². The van der Waals surface area contributed by atoms with E-state index in [1.807, 2.05) is 17.2 Å². The summed E-state index contributed by atoms with van der Waals surface area (Å²) in [6.07, 6.45) is 16.3. The predicted octanol–water partition coefficient (Wildman–Crippen LogP) is 4.41. The van der Waals surface area contributed by atoms with Crippen LogP contribution in [-0.4, -0.2) is 73.7 Å². The summed E-state index contributed by atoms with van der Waals surface area (Å²) in [4.78, 5) is 25.8. The summed E-state index contributed by atoms with van der Waals surface area (Å²) in [5.74, 6) is 1.80. The molecule has 8 heteroatoms. The fourth-order valence-electron chi connectivity index (χ4n) is 4.08. The average Bonchev–Trinajstić information content (AvgIpc) is 3.68. The topological polar surface area (TPSA) is 63.7 Å². The highest BCUT2D eigenvalue weighted by atomic mass is 16.7. The molecule has 4 rings (SSSR count). The number of carbonyl (C=O) groups excluding carboxylic acids is 1. The third-order valence-electron chi connectivity index (χ3n) is 5.95. The third kappa shape index (κ3) is 9.38. The van der Waals surface area contributed by atoms with Gasteiger partial charge >= 0.3 is 0 Å². The molecule has 8 nitrogen and oxygen atoms in total. The number of benzene rings is 1. The number of likely N-dealkylation sites (tertiary alicyclic amines) is 1. The maximum Gasteiger partial charge on any atom is 0.265 e. The summed E-state index contributed by atoms with van der Waals surface area (Å²) in [5.41, 5.74) is 2.55. The summed E-state index contributed by atoms with van der Waals surface area (Å²) in [6.45, 7) is 11.9. The number of fused-ring (bicyclic) bond motifs is 1. The number of ether oxygens (including phenoxy) is 2. The highest BCUT2D eigenvalue weighted by Crippen LogP contribution is 2.32. The standard InChI is InChI=1S/C17H31N3O3.C9H10O2.C2H2/c1-3-9-20(23-13-4-2)17(21)15-18-10-5-7-16(18)8-12-19-11-6-14-22-19;1-2-7-3-4-8-9(5-7)11-6-10-8;1-2/h8H,3-7,9-15H2,1-2H3;3-5H,2,6H2,1H3;1-2H/b16-8+;;. The van der Waals surface area contributed by atoms with Gasteiger partial charge in [0.05, 0.1) is 19.8 Å². The van der Waals surface area contributed by atoms with E-state index in [9.17, 15) is 4.79 Å². The molecule has 1 aromatic rings. The number of hydrogen-bond acceptors (Lipinski definition) is 7. The van der Waals surface area contributed by atoms with Crippen LogP contribution in [0.2, 0.25) is 0 Å². The molecule has 1 amide bonds. The Kier molecular flexibility index (Phi) is 13.8. The summed E-state index contributed by atoms with van der Waals surface area (Å²) >= 11 is 0. The van der Waals surface area contributed by atoms with Crippen LogP contribution in [0.1, 0.15) is 58.4 Å². The lowest BCUT2D eigenvalue weighted by Gasteiger charge is -2.26. The number of aryl methyl sites for hydroxylation is 1. The molecule has 0 bridgehead atoms. The molecule has 0 spiro atoms. The Hall–Kier alpha value is -2.73. The zero-order valence-corrected chi connectivity index (χ0v) is 22.2. The number of hydrogen-bond donors (Lipinski definition) is 0. The minimum absolute atomic E-state index is 0.0607. The van der Waals surface area contributed by atoms with Crippen molar-refractivity contribution in [1.82, 2.24) is 15.0 Å². The average molecular weight is 502 g/mol. The maximum atomic E-state index is 12.5. The molecule has 3 aliphatic rings. The Balaban J connectivity index is 0.000000291. The van der Waals surface area contributed by atoms with Gasteiger partial charge in [-0.1, -0.05) is 26.8 Å².